The lowest BCUT2D eigenvalue weighted by Crippen LogP contribution is -2.64. The summed E-state index contributed by atoms with van der Waals surface area (Å²) in [5, 5.41) is 0. The molecule has 4 nitrogen and oxygen atoms in total. The average Bonchev–Trinajstić information content (AvgIpc) is 2.91. The summed E-state index contributed by atoms with van der Waals surface area (Å²) in [5.74, 6) is 0.0805. The van der Waals surface area contributed by atoms with Crippen LogP contribution in [0.5, 0.6) is 0 Å². The number of amides is 3. The molecule has 19 heavy (non-hydrogen) atoms. The van der Waals surface area contributed by atoms with E-state index in [1.165, 1.54) is 6.42 Å². The van der Waals surface area contributed by atoms with Gasteiger partial charge in [0.25, 0.3) is 0 Å². The highest BCUT2D eigenvalue weighted by Gasteiger charge is 2.49. The first kappa shape index (κ1) is 12.9. The predicted octanol–water partition coefficient (Wildman–Crippen LogP) is 2.92. The summed E-state index contributed by atoms with van der Waals surface area (Å²) in [6.45, 7) is 0. The number of urea groups is 1. The van der Waals surface area contributed by atoms with Crippen molar-refractivity contribution in [1.29, 1.82) is 0 Å². The second-order valence-electron chi connectivity index (χ2n) is 6.51. The first-order chi connectivity index (χ1) is 9.14. The van der Waals surface area contributed by atoms with Crippen molar-refractivity contribution in [3.05, 3.63) is 0 Å². The molecule has 1 spiro atoms. The van der Waals surface area contributed by atoms with Gasteiger partial charge in [0.05, 0.1) is 12.0 Å². The van der Waals surface area contributed by atoms with Gasteiger partial charge in [0.2, 0.25) is 5.91 Å². The Bertz CT molecular complexity index is 382. The van der Waals surface area contributed by atoms with Crippen molar-refractivity contribution >= 4 is 11.9 Å². The van der Waals surface area contributed by atoms with Crippen LogP contribution in [-0.2, 0) is 4.79 Å². The van der Waals surface area contributed by atoms with Gasteiger partial charge >= 0.3 is 6.03 Å². The molecule has 2 saturated carbocycles. The van der Waals surface area contributed by atoms with Crippen LogP contribution >= 0.6 is 0 Å². The van der Waals surface area contributed by atoms with Crippen molar-refractivity contribution in [1.82, 2.24) is 9.80 Å². The molecule has 2 aliphatic carbocycles. The van der Waals surface area contributed by atoms with E-state index < -0.39 is 0 Å². The van der Waals surface area contributed by atoms with Gasteiger partial charge in [0.15, 0.2) is 0 Å². The van der Waals surface area contributed by atoms with Crippen LogP contribution in [0.4, 0.5) is 4.79 Å². The summed E-state index contributed by atoms with van der Waals surface area (Å²) in [7, 11) is 1.90. The zero-order valence-corrected chi connectivity index (χ0v) is 11.9. The predicted molar refractivity (Wildman–Crippen MR) is 72.7 cm³/mol. The maximum absolute atomic E-state index is 12.6. The van der Waals surface area contributed by atoms with E-state index in [4.69, 9.17) is 0 Å². The lowest BCUT2D eigenvalue weighted by Gasteiger charge is -2.50. The molecule has 3 aliphatic rings. The van der Waals surface area contributed by atoms with Crippen molar-refractivity contribution in [3.8, 4) is 0 Å². The van der Waals surface area contributed by atoms with Gasteiger partial charge in [-0.3, -0.25) is 9.69 Å². The maximum atomic E-state index is 12.6. The van der Waals surface area contributed by atoms with E-state index in [1.807, 2.05) is 11.9 Å². The Hall–Kier alpha value is -1.06. The molecule has 1 saturated heterocycles. The van der Waals surface area contributed by atoms with E-state index in [2.05, 4.69) is 0 Å². The second kappa shape index (κ2) is 4.80. The molecule has 106 valence electrons. The van der Waals surface area contributed by atoms with E-state index in [0.29, 0.717) is 6.42 Å². The third-order valence-electron chi connectivity index (χ3n) is 5.43. The fraction of sp³-hybridized carbons (Fsp3) is 0.867. The van der Waals surface area contributed by atoms with Gasteiger partial charge in [-0.15, -0.1) is 0 Å². The molecule has 0 N–H and O–H groups in total. The highest BCUT2D eigenvalue weighted by Crippen LogP contribution is 2.41. The highest BCUT2D eigenvalue weighted by molar-refractivity contribution is 5.98. The van der Waals surface area contributed by atoms with Gasteiger partial charge in [-0.05, 0) is 25.7 Å². The summed E-state index contributed by atoms with van der Waals surface area (Å²) in [5.41, 5.74) is -0.165. The van der Waals surface area contributed by atoms with Gasteiger partial charge in [0, 0.05) is 13.1 Å². The first-order valence-electron chi connectivity index (χ1n) is 7.74. The van der Waals surface area contributed by atoms with Gasteiger partial charge in [-0.25, -0.2) is 4.79 Å². The molecule has 0 atom stereocenters. The molecule has 0 bridgehead atoms. The molecule has 0 aromatic heterocycles. The SMILES string of the molecule is CN1C(=O)N(C2CCCC2)C(=O)CC12CCCCC2. The van der Waals surface area contributed by atoms with Crippen LogP contribution in [0, 0.1) is 0 Å². The molecule has 4 heteroatoms. The number of nitrogens with zero attached hydrogens (tertiary/aromatic N) is 2. The van der Waals surface area contributed by atoms with Crippen LogP contribution < -0.4 is 0 Å². The lowest BCUT2D eigenvalue weighted by atomic mass is 9.76. The lowest BCUT2D eigenvalue weighted by molar-refractivity contribution is -0.138. The van der Waals surface area contributed by atoms with Crippen LogP contribution in [0.2, 0.25) is 0 Å². The van der Waals surface area contributed by atoms with E-state index in [-0.39, 0.29) is 23.5 Å². The van der Waals surface area contributed by atoms with Gasteiger partial charge in [-0.1, -0.05) is 32.1 Å². The molecule has 3 rings (SSSR count). The Morgan fingerprint density at radius 3 is 2.26 bits per heavy atom. The smallest absolute Gasteiger partial charge is 0.321 e. The first-order valence-corrected chi connectivity index (χ1v) is 7.74. The molecule has 0 aromatic rings. The molecule has 3 amide bonds. The maximum Gasteiger partial charge on any atom is 0.327 e. The number of carbonyl (C=O) groups is 2. The highest BCUT2D eigenvalue weighted by atomic mass is 16.2. The Balaban J connectivity index is 1.82. The van der Waals surface area contributed by atoms with E-state index in [0.717, 1.165) is 51.4 Å². The normalized spacial score (nSPS) is 28.5. The topological polar surface area (TPSA) is 40.6 Å². The van der Waals surface area contributed by atoms with Crippen molar-refractivity contribution < 1.29 is 9.59 Å². The van der Waals surface area contributed by atoms with E-state index >= 15 is 0 Å². The molecule has 0 aromatic carbocycles. The molecule has 0 unspecified atom stereocenters. The minimum absolute atomic E-state index is 0.0370. The second-order valence-corrected chi connectivity index (χ2v) is 6.51. The molecule has 1 heterocycles. The summed E-state index contributed by atoms with van der Waals surface area (Å²) in [4.78, 5) is 28.6. The number of rotatable bonds is 1. The van der Waals surface area contributed by atoms with Crippen LogP contribution in [0.25, 0.3) is 0 Å². The number of hydrogen-bond acceptors (Lipinski definition) is 2. The third kappa shape index (κ3) is 2.05. The van der Waals surface area contributed by atoms with Crippen molar-refractivity contribution in [2.45, 2.75) is 75.8 Å². The largest absolute Gasteiger partial charge is 0.327 e. The summed E-state index contributed by atoms with van der Waals surface area (Å²) in [6, 6.07) is 0.133. The van der Waals surface area contributed by atoms with Crippen molar-refractivity contribution in [2.75, 3.05) is 7.05 Å². The zero-order chi connectivity index (χ0) is 13.5. The van der Waals surface area contributed by atoms with E-state index in [1.54, 1.807) is 4.90 Å². The fourth-order valence-corrected chi connectivity index (χ4v) is 4.20. The Labute approximate surface area is 115 Å². The van der Waals surface area contributed by atoms with Gasteiger partial charge in [0.1, 0.15) is 0 Å². The molecule has 1 aliphatic heterocycles. The van der Waals surface area contributed by atoms with Crippen LogP contribution in [0.3, 0.4) is 0 Å². The summed E-state index contributed by atoms with van der Waals surface area (Å²) in [6.07, 6.45) is 10.4. The zero-order valence-electron chi connectivity index (χ0n) is 11.9. The van der Waals surface area contributed by atoms with Gasteiger partial charge in [-0.2, -0.15) is 0 Å². The third-order valence-corrected chi connectivity index (χ3v) is 5.43. The van der Waals surface area contributed by atoms with Crippen molar-refractivity contribution in [2.24, 2.45) is 0 Å². The Morgan fingerprint density at radius 1 is 1.00 bits per heavy atom. The average molecular weight is 264 g/mol. The number of carbonyl (C=O) groups excluding carboxylic acids is 2. The van der Waals surface area contributed by atoms with Crippen LogP contribution in [0.15, 0.2) is 0 Å². The monoisotopic (exact) mass is 264 g/mol. The minimum Gasteiger partial charge on any atom is -0.321 e. The quantitative estimate of drug-likeness (QED) is 0.730. The Morgan fingerprint density at radius 2 is 1.63 bits per heavy atom. The molecule has 0 radical (unpaired) electrons. The Kier molecular flexibility index (Phi) is 3.27. The molecule has 3 fully saturated rings. The summed E-state index contributed by atoms with van der Waals surface area (Å²) >= 11 is 0. The minimum atomic E-state index is -0.165. The molecular formula is C15H24N2O2. The molecular weight excluding hydrogens is 240 g/mol. The van der Waals surface area contributed by atoms with Crippen LogP contribution in [0.1, 0.15) is 64.2 Å². The van der Waals surface area contributed by atoms with Gasteiger partial charge < -0.3 is 4.90 Å². The standard InChI is InChI=1S/C15H24N2O2/c1-16-14(19)17(12-7-3-4-8-12)13(18)11-15(16)9-5-2-6-10-15/h12H,2-11H2,1H3. The fourth-order valence-electron chi connectivity index (χ4n) is 4.20. The van der Waals surface area contributed by atoms with E-state index in [9.17, 15) is 9.59 Å². The van der Waals surface area contributed by atoms with Crippen LogP contribution in [-0.4, -0.2) is 40.4 Å². The summed E-state index contributed by atoms with van der Waals surface area (Å²) < 4.78 is 0. The number of imide groups is 1. The number of hydrogen-bond donors (Lipinski definition) is 0. The van der Waals surface area contributed by atoms with Crippen molar-refractivity contribution in [3.63, 3.8) is 0 Å².